The molecule has 0 radical (unpaired) electrons. The largest absolute Gasteiger partial charge is 0.364 e. The fraction of sp³-hybridized carbons (Fsp3) is 0.667. The maximum Gasteiger partial charge on any atom is 0.184 e. The van der Waals surface area contributed by atoms with Crippen molar-refractivity contribution in [1.82, 2.24) is 14.8 Å². The molecule has 1 unspecified atom stereocenters. The number of ether oxygens (including phenoxy) is 2. The van der Waals surface area contributed by atoms with Crippen LogP contribution < -0.4 is 0 Å². The topological polar surface area (TPSA) is 69.4 Å². The molecule has 0 saturated heterocycles. The van der Waals surface area contributed by atoms with Crippen molar-refractivity contribution in [3.05, 3.63) is 22.3 Å². The molecule has 1 aliphatic carbocycles. The highest BCUT2D eigenvalue weighted by Crippen LogP contribution is 2.36. The maximum absolute atomic E-state index is 10.4. The molecular formula is C18H29N3O3SSi. The van der Waals surface area contributed by atoms with E-state index in [1.165, 1.54) is 17.0 Å². The van der Waals surface area contributed by atoms with Crippen molar-refractivity contribution in [3.63, 3.8) is 0 Å². The number of fused-ring (bicyclic) bond motifs is 1. The van der Waals surface area contributed by atoms with Gasteiger partial charge in [-0.2, -0.15) is 5.10 Å². The number of aliphatic hydroxyl groups excluding tert-OH is 1. The van der Waals surface area contributed by atoms with Gasteiger partial charge in [0.05, 0.1) is 11.3 Å². The molecule has 3 rings (SSSR count). The predicted octanol–water partition coefficient (Wildman–Crippen LogP) is 3.84. The summed E-state index contributed by atoms with van der Waals surface area (Å²) in [5.74, 6) is 0. The second kappa shape index (κ2) is 8.31. The second-order valence-corrected chi connectivity index (χ2v) is 14.6. The van der Waals surface area contributed by atoms with Crippen LogP contribution in [0.2, 0.25) is 25.7 Å². The Morgan fingerprint density at radius 2 is 2.15 bits per heavy atom. The number of hydrogen-bond donors (Lipinski definition) is 1. The van der Waals surface area contributed by atoms with E-state index in [1.807, 2.05) is 13.1 Å². The Bertz CT molecular complexity index is 717. The van der Waals surface area contributed by atoms with Crippen LogP contribution in [0.1, 0.15) is 35.8 Å². The first-order valence-electron chi connectivity index (χ1n) is 9.31. The zero-order valence-corrected chi connectivity index (χ0v) is 17.9. The molecule has 0 aromatic carbocycles. The van der Waals surface area contributed by atoms with Crippen molar-refractivity contribution in [1.29, 1.82) is 0 Å². The molecule has 1 N–H and O–H groups in total. The summed E-state index contributed by atoms with van der Waals surface area (Å²) in [4.78, 5) is 6.09. The molecule has 0 saturated carbocycles. The summed E-state index contributed by atoms with van der Waals surface area (Å²) in [5, 5.41) is 15.9. The monoisotopic (exact) mass is 395 g/mol. The first-order valence-corrected chi connectivity index (χ1v) is 13.8. The fourth-order valence-corrected chi connectivity index (χ4v) is 4.84. The Kier molecular flexibility index (Phi) is 6.29. The van der Waals surface area contributed by atoms with Crippen LogP contribution in [-0.2, 0) is 29.0 Å². The Hall–Kier alpha value is -1.06. The van der Waals surface area contributed by atoms with Crippen molar-refractivity contribution >= 4 is 19.4 Å². The summed E-state index contributed by atoms with van der Waals surface area (Å²) in [6, 6.07) is 1.12. The molecule has 6 nitrogen and oxygen atoms in total. The molecule has 8 heteroatoms. The highest BCUT2D eigenvalue weighted by atomic mass is 32.1. The van der Waals surface area contributed by atoms with Gasteiger partial charge in [-0.1, -0.05) is 19.6 Å². The molecular weight excluding hydrogens is 366 g/mol. The van der Waals surface area contributed by atoms with E-state index in [0.717, 1.165) is 30.5 Å². The Morgan fingerprint density at radius 3 is 2.85 bits per heavy atom. The number of aryl methyl sites for hydroxylation is 2. The van der Waals surface area contributed by atoms with Crippen molar-refractivity contribution in [2.24, 2.45) is 0 Å². The zero-order chi connectivity index (χ0) is 18.7. The predicted molar refractivity (Wildman–Crippen MR) is 106 cm³/mol. The normalized spacial score (nSPS) is 15.4. The van der Waals surface area contributed by atoms with E-state index < -0.39 is 14.4 Å². The van der Waals surface area contributed by atoms with E-state index in [9.17, 15) is 5.11 Å². The minimum Gasteiger partial charge on any atom is -0.364 e. The first kappa shape index (κ1) is 19.7. The third-order valence-corrected chi connectivity index (χ3v) is 7.27. The highest BCUT2D eigenvalue weighted by molar-refractivity contribution is 7.15. The molecule has 26 heavy (non-hydrogen) atoms. The van der Waals surface area contributed by atoms with Crippen molar-refractivity contribution in [2.45, 2.75) is 64.9 Å². The van der Waals surface area contributed by atoms with Gasteiger partial charge in [-0.3, -0.25) is 0 Å². The van der Waals surface area contributed by atoms with Crippen molar-refractivity contribution in [3.8, 4) is 10.7 Å². The summed E-state index contributed by atoms with van der Waals surface area (Å²) in [6.07, 6.45) is 4.13. The Balaban J connectivity index is 1.76. The van der Waals surface area contributed by atoms with Gasteiger partial charge in [0, 0.05) is 32.4 Å². The van der Waals surface area contributed by atoms with E-state index in [-0.39, 0.29) is 0 Å². The summed E-state index contributed by atoms with van der Waals surface area (Å²) in [6.45, 7) is 10.4. The third kappa shape index (κ3) is 4.80. The number of aliphatic hydroxyl groups is 1. The fourth-order valence-electron chi connectivity index (χ4n) is 2.93. The van der Waals surface area contributed by atoms with E-state index in [4.69, 9.17) is 14.5 Å². The minimum atomic E-state index is -1.11. The lowest BCUT2D eigenvalue weighted by molar-refractivity contribution is -0.0977. The van der Waals surface area contributed by atoms with Crippen LogP contribution in [0.5, 0.6) is 0 Å². The van der Waals surface area contributed by atoms with E-state index in [0.29, 0.717) is 24.6 Å². The molecule has 144 valence electrons. The third-order valence-electron chi connectivity index (χ3n) is 4.40. The number of aromatic nitrogens is 3. The summed E-state index contributed by atoms with van der Waals surface area (Å²) in [5.41, 5.74) is 2.55. The van der Waals surface area contributed by atoms with Crippen LogP contribution in [0.4, 0.5) is 0 Å². The van der Waals surface area contributed by atoms with Gasteiger partial charge in [0.1, 0.15) is 17.4 Å². The smallest absolute Gasteiger partial charge is 0.184 e. The van der Waals surface area contributed by atoms with Crippen LogP contribution in [0.25, 0.3) is 10.7 Å². The molecule has 0 spiro atoms. The molecule has 2 heterocycles. The summed E-state index contributed by atoms with van der Waals surface area (Å²) >= 11 is 1.68. The van der Waals surface area contributed by atoms with Gasteiger partial charge < -0.3 is 14.6 Å². The highest BCUT2D eigenvalue weighted by Gasteiger charge is 2.24. The first-order chi connectivity index (χ1) is 12.4. The standard InChI is InChI=1S/C18H29N3O3SSi/c1-5-24-18(22)13-11-21(12-23-9-10-26(2,3)4)20-16(13)17-19-14-7-6-8-15(14)25-17/h11,18,22H,5-10,12H2,1-4H3. The quantitative estimate of drug-likeness (QED) is 0.397. The maximum atomic E-state index is 10.4. The Labute approximate surface area is 160 Å². The number of rotatable bonds is 9. The van der Waals surface area contributed by atoms with E-state index >= 15 is 0 Å². The van der Waals surface area contributed by atoms with E-state index in [2.05, 4.69) is 24.7 Å². The lowest BCUT2D eigenvalue weighted by atomic mass is 10.2. The van der Waals surface area contributed by atoms with Gasteiger partial charge in [-0.05, 0) is 32.2 Å². The van der Waals surface area contributed by atoms with Gasteiger partial charge in [-0.15, -0.1) is 11.3 Å². The zero-order valence-electron chi connectivity index (χ0n) is 16.1. The molecule has 1 aliphatic rings. The lowest BCUT2D eigenvalue weighted by Crippen LogP contribution is -2.22. The SMILES string of the molecule is CCOC(O)c1cn(COCC[Si](C)(C)C)nc1-c1nc2c(s1)CCC2. The molecule has 2 aromatic rings. The van der Waals surface area contributed by atoms with Gasteiger partial charge in [0.15, 0.2) is 6.29 Å². The van der Waals surface area contributed by atoms with Crippen molar-refractivity contribution in [2.75, 3.05) is 13.2 Å². The molecule has 1 atom stereocenters. The second-order valence-electron chi connectivity index (χ2n) is 7.87. The summed E-state index contributed by atoms with van der Waals surface area (Å²) < 4.78 is 12.9. The Morgan fingerprint density at radius 1 is 1.35 bits per heavy atom. The molecule has 0 aliphatic heterocycles. The van der Waals surface area contributed by atoms with Crippen LogP contribution in [0.15, 0.2) is 6.20 Å². The average molecular weight is 396 g/mol. The molecule has 0 fully saturated rings. The molecule has 2 aromatic heterocycles. The number of nitrogens with zero attached hydrogens (tertiary/aromatic N) is 3. The van der Waals surface area contributed by atoms with Crippen LogP contribution >= 0.6 is 11.3 Å². The number of hydrogen-bond acceptors (Lipinski definition) is 6. The summed E-state index contributed by atoms with van der Waals surface area (Å²) in [7, 11) is -1.11. The minimum absolute atomic E-state index is 0.376. The van der Waals surface area contributed by atoms with Gasteiger partial charge in [0.2, 0.25) is 0 Å². The van der Waals surface area contributed by atoms with Gasteiger partial charge >= 0.3 is 0 Å². The molecule has 0 amide bonds. The van der Waals surface area contributed by atoms with Crippen LogP contribution in [0.3, 0.4) is 0 Å². The van der Waals surface area contributed by atoms with Gasteiger partial charge in [0.25, 0.3) is 0 Å². The lowest BCUT2D eigenvalue weighted by Gasteiger charge is -2.15. The van der Waals surface area contributed by atoms with Crippen LogP contribution in [-0.4, -0.2) is 41.2 Å². The van der Waals surface area contributed by atoms with Crippen LogP contribution in [0, 0.1) is 0 Å². The van der Waals surface area contributed by atoms with Gasteiger partial charge in [-0.25, -0.2) is 9.67 Å². The van der Waals surface area contributed by atoms with E-state index in [1.54, 1.807) is 16.0 Å². The average Bonchev–Trinajstić information content (AvgIpc) is 3.24. The van der Waals surface area contributed by atoms with Crippen molar-refractivity contribution < 1.29 is 14.6 Å². The molecule has 0 bridgehead atoms. The number of thiazole rings is 1.